The summed E-state index contributed by atoms with van der Waals surface area (Å²) in [7, 11) is 0. The number of nitrogens with one attached hydrogen (secondary N) is 1. The van der Waals surface area contributed by atoms with Gasteiger partial charge >= 0.3 is 0 Å². The molecular formula is C9H4F4N. The van der Waals surface area contributed by atoms with Crippen LogP contribution in [-0.2, 0) is 0 Å². The van der Waals surface area contributed by atoms with Gasteiger partial charge in [0.15, 0.2) is 23.3 Å². The average molecular weight is 202 g/mol. The van der Waals surface area contributed by atoms with Crippen molar-refractivity contribution in [3.8, 4) is 12.3 Å². The second kappa shape index (κ2) is 4.01. The molecule has 0 aliphatic heterocycles. The van der Waals surface area contributed by atoms with Crippen LogP contribution in [0.4, 0.5) is 23.2 Å². The molecule has 1 nitrogen and oxygen atoms in total. The van der Waals surface area contributed by atoms with Crippen molar-refractivity contribution in [2.45, 2.75) is 0 Å². The van der Waals surface area contributed by atoms with Gasteiger partial charge in [-0.15, -0.1) is 6.42 Å². The van der Waals surface area contributed by atoms with Crippen molar-refractivity contribution in [1.82, 2.24) is 0 Å². The van der Waals surface area contributed by atoms with Gasteiger partial charge in [-0.05, 0) is 0 Å². The fourth-order valence-corrected chi connectivity index (χ4v) is 0.817. The number of rotatable bonds is 2. The maximum absolute atomic E-state index is 12.8. The Bertz CT molecular complexity index is 369. The minimum Gasteiger partial charge on any atom is -0.369 e. The number of terminal acetylenes is 1. The molecule has 0 aromatic heterocycles. The van der Waals surface area contributed by atoms with Gasteiger partial charge in [0.05, 0.1) is 12.6 Å². The molecule has 0 heterocycles. The van der Waals surface area contributed by atoms with E-state index >= 15 is 0 Å². The number of anilines is 1. The molecule has 0 saturated carbocycles. The molecule has 0 fully saturated rings. The number of hydrogen-bond acceptors (Lipinski definition) is 1. The summed E-state index contributed by atoms with van der Waals surface area (Å²) in [6.07, 6.45) is 4.80. The fourth-order valence-electron chi connectivity index (χ4n) is 0.817. The molecule has 73 valence electrons. The predicted octanol–water partition coefficient (Wildman–Crippen LogP) is 2.09. The van der Waals surface area contributed by atoms with Gasteiger partial charge in [-0.25, -0.2) is 17.6 Å². The largest absolute Gasteiger partial charge is 0.369 e. The SMILES string of the molecule is C#CCNc1c(F)c(F)[c]c(F)c1F. The van der Waals surface area contributed by atoms with Crippen LogP contribution in [-0.4, -0.2) is 6.54 Å². The summed E-state index contributed by atoms with van der Waals surface area (Å²) < 4.78 is 50.7. The Balaban J connectivity index is 3.19. The maximum Gasteiger partial charge on any atom is 0.185 e. The minimum atomic E-state index is -1.59. The molecule has 1 radical (unpaired) electrons. The smallest absolute Gasteiger partial charge is 0.185 e. The third kappa shape index (κ3) is 1.79. The van der Waals surface area contributed by atoms with Crippen molar-refractivity contribution in [3.05, 3.63) is 29.3 Å². The Kier molecular flexibility index (Phi) is 2.97. The zero-order valence-corrected chi connectivity index (χ0v) is 6.80. The molecule has 0 saturated heterocycles. The second-order valence-corrected chi connectivity index (χ2v) is 2.31. The van der Waals surface area contributed by atoms with Gasteiger partial charge in [0.1, 0.15) is 5.69 Å². The van der Waals surface area contributed by atoms with Crippen LogP contribution < -0.4 is 5.32 Å². The van der Waals surface area contributed by atoms with E-state index in [2.05, 4.69) is 0 Å². The third-order valence-electron chi connectivity index (χ3n) is 1.41. The van der Waals surface area contributed by atoms with Gasteiger partial charge in [-0.2, -0.15) is 0 Å². The molecule has 1 rings (SSSR count). The lowest BCUT2D eigenvalue weighted by atomic mass is 10.2. The van der Waals surface area contributed by atoms with Crippen molar-refractivity contribution in [3.63, 3.8) is 0 Å². The van der Waals surface area contributed by atoms with E-state index in [9.17, 15) is 17.6 Å². The van der Waals surface area contributed by atoms with Crippen molar-refractivity contribution >= 4 is 5.69 Å². The zero-order valence-electron chi connectivity index (χ0n) is 6.80. The molecule has 0 aliphatic carbocycles. The highest BCUT2D eigenvalue weighted by Gasteiger charge is 2.18. The molecule has 1 aromatic carbocycles. The van der Waals surface area contributed by atoms with E-state index in [4.69, 9.17) is 6.42 Å². The summed E-state index contributed by atoms with van der Waals surface area (Å²) in [5.74, 6) is -4.26. The Morgan fingerprint density at radius 2 is 1.64 bits per heavy atom. The van der Waals surface area contributed by atoms with Crippen LogP contribution in [0, 0.1) is 41.7 Å². The Morgan fingerprint density at radius 1 is 1.14 bits per heavy atom. The highest BCUT2D eigenvalue weighted by Crippen LogP contribution is 2.23. The van der Waals surface area contributed by atoms with Crippen LogP contribution in [0.3, 0.4) is 0 Å². The number of benzene rings is 1. The van der Waals surface area contributed by atoms with Crippen LogP contribution in [0.25, 0.3) is 0 Å². The minimum absolute atomic E-state index is 0.239. The van der Waals surface area contributed by atoms with Crippen LogP contribution >= 0.6 is 0 Å². The molecule has 0 unspecified atom stereocenters. The first-order valence-electron chi connectivity index (χ1n) is 3.50. The molecule has 0 aliphatic rings. The van der Waals surface area contributed by atoms with Crippen molar-refractivity contribution in [1.29, 1.82) is 0 Å². The number of halogens is 4. The van der Waals surface area contributed by atoms with E-state index in [0.717, 1.165) is 0 Å². The lowest BCUT2D eigenvalue weighted by Gasteiger charge is -2.06. The maximum atomic E-state index is 12.8. The Morgan fingerprint density at radius 3 is 2.07 bits per heavy atom. The summed E-state index contributed by atoms with van der Waals surface area (Å²) in [5, 5.41) is 2.03. The Labute approximate surface area is 77.7 Å². The summed E-state index contributed by atoms with van der Waals surface area (Å²) in [6.45, 7) is -0.239. The summed E-state index contributed by atoms with van der Waals surface area (Å²) in [6, 6.07) is 1.25. The van der Waals surface area contributed by atoms with Crippen LogP contribution in [0.15, 0.2) is 0 Å². The monoisotopic (exact) mass is 202 g/mol. The lowest BCUT2D eigenvalue weighted by molar-refractivity contribution is 0.456. The van der Waals surface area contributed by atoms with E-state index in [1.165, 1.54) is 6.07 Å². The van der Waals surface area contributed by atoms with E-state index in [1.54, 1.807) is 0 Å². The third-order valence-corrected chi connectivity index (χ3v) is 1.41. The fraction of sp³-hybridized carbons (Fsp3) is 0.111. The van der Waals surface area contributed by atoms with Crippen molar-refractivity contribution in [2.75, 3.05) is 11.9 Å². The first-order valence-corrected chi connectivity index (χ1v) is 3.50. The van der Waals surface area contributed by atoms with Gasteiger partial charge < -0.3 is 5.32 Å². The van der Waals surface area contributed by atoms with E-state index in [1.807, 2.05) is 11.2 Å². The van der Waals surface area contributed by atoms with E-state index in [-0.39, 0.29) is 6.54 Å². The first-order chi connectivity index (χ1) is 6.57. The highest BCUT2D eigenvalue weighted by atomic mass is 19.2. The molecule has 1 aromatic rings. The summed E-state index contributed by atoms with van der Waals surface area (Å²) >= 11 is 0. The number of hydrogen-bond donors (Lipinski definition) is 1. The topological polar surface area (TPSA) is 12.0 Å². The first kappa shape index (κ1) is 10.4. The highest BCUT2D eigenvalue weighted by molar-refractivity contribution is 5.47. The zero-order chi connectivity index (χ0) is 10.7. The van der Waals surface area contributed by atoms with Gasteiger partial charge in [0, 0.05) is 0 Å². The van der Waals surface area contributed by atoms with E-state index in [0.29, 0.717) is 0 Å². The van der Waals surface area contributed by atoms with Gasteiger partial charge in [-0.1, -0.05) is 5.92 Å². The molecule has 0 atom stereocenters. The molecule has 1 N–H and O–H groups in total. The van der Waals surface area contributed by atoms with Crippen molar-refractivity contribution in [2.24, 2.45) is 0 Å². The Hall–Kier alpha value is -1.70. The van der Waals surface area contributed by atoms with Gasteiger partial charge in [0.25, 0.3) is 0 Å². The average Bonchev–Trinajstić information content (AvgIpc) is 2.15. The lowest BCUT2D eigenvalue weighted by Crippen LogP contribution is -2.07. The van der Waals surface area contributed by atoms with Crippen LogP contribution in [0.1, 0.15) is 0 Å². The molecule has 0 bridgehead atoms. The van der Waals surface area contributed by atoms with Crippen LogP contribution in [0.2, 0.25) is 0 Å². The standard InChI is InChI=1S/C9H4F4N/c1-2-3-14-9-7(12)5(10)4-6(11)8(9)13/h1,14H,3H2. The molecule has 0 amide bonds. The molecule has 14 heavy (non-hydrogen) atoms. The molecule has 0 spiro atoms. The van der Waals surface area contributed by atoms with Crippen molar-refractivity contribution < 1.29 is 17.6 Å². The van der Waals surface area contributed by atoms with Gasteiger partial charge in [0.2, 0.25) is 0 Å². The predicted molar refractivity (Wildman–Crippen MR) is 42.4 cm³/mol. The van der Waals surface area contributed by atoms with E-state index < -0.39 is 29.0 Å². The second-order valence-electron chi connectivity index (χ2n) is 2.31. The summed E-state index contributed by atoms with van der Waals surface area (Å²) in [4.78, 5) is 0. The normalized spacial score (nSPS) is 9.64. The van der Waals surface area contributed by atoms with Gasteiger partial charge in [-0.3, -0.25) is 0 Å². The van der Waals surface area contributed by atoms with Crippen LogP contribution in [0.5, 0.6) is 0 Å². The quantitative estimate of drug-likeness (QED) is 0.440. The summed E-state index contributed by atoms with van der Waals surface area (Å²) in [5.41, 5.74) is -0.920. The molecule has 5 heteroatoms. The molecular weight excluding hydrogens is 198 g/mol.